The van der Waals surface area contributed by atoms with E-state index in [9.17, 15) is 0 Å². The highest BCUT2D eigenvalue weighted by Crippen LogP contribution is 2.31. The van der Waals surface area contributed by atoms with Crippen molar-refractivity contribution in [3.8, 4) is 5.75 Å². The van der Waals surface area contributed by atoms with Gasteiger partial charge in [0.05, 0.1) is 18.8 Å². The second-order valence-electron chi connectivity index (χ2n) is 6.58. The van der Waals surface area contributed by atoms with Crippen molar-refractivity contribution in [1.82, 2.24) is 19.8 Å². The van der Waals surface area contributed by atoms with Crippen LogP contribution >= 0.6 is 0 Å². The molecule has 0 saturated carbocycles. The Labute approximate surface area is 144 Å². The van der Waals surface area contributed by atoms with Gasteiger partial charge in [-0.15, -0.1) is 0 Å². The van der Waals surface area contributed by atoms with Crippen LogP contribution in [0.15, 0.2) is 24.3 Å². The second-order valence-corrected chi connectivity index (χ2v) is 6.58. The molecule has 130 valence electrons. The predicted octanol–water partition coefficient (Wildman–Crippen LogP) is 2.78. The maximum Gasteiger partial charge on any atom is 0.123 e. The van der Waals surface area contributed by atoms with Crippen molar-refractivity contribution >= 4 is 0 Å². The highest BCUT2D eigenvalue weighted by atomic mass is 16.5. The van der Waals surface area contributed by atoms with E-state index in [1.807, 2.05) is 12.1 Å². The number of piperazine rings is 1. The highest BCUT2D eigenvalue weighted by molar-refractivity contribution is 5.36. The molecule has 2 aromatic rings. The molecule has 0 amide bonds. The SMILES string of the molecule is CCc1nc(CN2CCN(C)[C@@H](c3ccccc3OC)C2)c(C)[nH]1. The van der Waals surface area contributed by atoms with E-state index < -0.39 is 0 Å². The number of aromatic nitrogens is 2. The summed E-state index contributed by atoms with van der Waals surface area (Å²) >= 11 is 0. The van der Waals surface area contributed by atoms with Gasteiger partial charge in [-0.3, -0.25) is 9.80 Å². The Hall–Kier alpha value is -1.85. The summed E-state index contributed by atoms with van der Waals surface area (Å²) in [6.45, 7) is 8.26. The van der Waals surface area contributed by atoms with Crippen LogP contribution in [0.3, 0.4) is 0 Å². The van der Waals surface area contributed by atoms with Gasteiger partial charge in [-0.1, -0.05) is 25.1 Å². The second kappa shape index (κ2) is 7.36. The van der Waals surface area contributed by atoms with Crippen molar-refractivity contribution in [2.75, 3.05) is 33.8 Å². The molecule has 1 aromatic carbocycles. The van der Waals surface area contributed by atoms with Crippen LogP contribution in [0.5, 0.6) is 5.75 Å². The number of methoxy groups -OCH3 is 1. The molecule has 5 heteroatoms. The van der Waals surface area contributed by atoms with Crippen molar-refractivity contribution < 1.29 is 4.74 Å². The van der Waals surface area contributed by atoms with E-state index in [-0.39, 0.29) is 0 Å². The lowest BCUT2D eigenvalue weighted by Crippen LogP contribution is -2.46. The number of nitrogens with one attached hydrogen (secondary N) is 1. The van der Waals surface area contributed by atoms with Gasteiger partial charge in [-0.2, -0.15) is 0 Å². The molecule has 1 atom stereocenters. The smallest absolute Gasteiger partial charge is 0.123 e. The van der Waals surface area contributed by atoms with Crippen LogP contribution in [0.2, 0.25) is 0 Å². The summed E-state index contributed by atoms with van der Waals surface area (Å²) in [5.74, 6) is 2.05. The number of aryl methyl sites for hydroxylation is 2. The van der Waals surface area contributed by atoms with Crippen LogP contribution in [0.25, 0.3) is 0 Å². The molecule has 3 rings (SSSR count). The summed E-state index contributed by atoms with van der Waals surface area (Å²) in [6.07, 6.45) is 0.952. The summed E-state index contributed by atoms with van der Waals surface area (Å²) in [5, 5.41) is 0. The molecule has 0 aliphatic carbocycles. The summed E-state index contributed by atoms with van der Waals surface area (Å²) in [6, 6.07) is 8.70. The van der Waals surface area contributed by atoms with Crippen molar-refractivity contribution in [2.45, 2.75) is 32.9 Å². The zero-order valence-corrected chi connectivity index (χ0v) is 15.2. The largest absolute Gasteiger partial charge is 0.496 e. The van der Waals surface area contributed by atoms with Crippen molar-refractivity contribution in [1.29, 1.82) is 0 Å². The number of imidazole rings is 1. The van der Waals surface area contributed by atoms with Crippen LogP contribution in [-0.4, -0.2) is 53.6 Å². The zero-order valence-electron chi connectivity index (χ0n) is 15.2. The number of para-hydroxylation sites is 1. The Bertz CT molecular complexity index is 682. The lowest BCUT2D eigenvalue weighted by atomic mass is 10.0. The fourth-order valence-corrected chi connectivity index (χ4v) is 3.45. The van der Waals surface area contributed by atoms with Gasteiger partial charge in [-0.25, -0.2) is 4.98 Å². The lowest BCUT2D eigenvalue weighted by molar-refractivity contribution is 0.0881. The minimum Gasteiger partial charge on any atom is -0.496 e. The number of rotatable bonds is 5. The topological polar surface area (TPSA) is 44.4 Å². The first-order valence-corrected chi connectivity index (χ1v) is 8.72. The molecule has 1 N–H and O–H groups in total. The fraction of sp³-hybridized carbons (Fsp3) is 0.526. The molecule has 1 aromatic heterocycles. The first-order valence-electron chi connectivity index (χ1n) is 8.72. The number of likely N-dealkylation sites (N-methyl/N-ethyl adjacent to an activating group) is 1. The molecule has 24 heavy (non-hydrogen) atoms. The Kier molecular flexibility index (Phi) is 5.21. The fourth-order valence-electron chi connectivity index (χ4n) is 3.45. The standard InChI is InChI=1S/C19H28N4O/c1-5-19-20-14(2)16(21-19)12-23-11-10-22(3)17(13-23)15-8-6-7-9-18(15)24-4/h6-9,17H,5,10-13H2,1-4H3,(H,20,21)/t17-/m1/s1. The first-order chi connectivity index (χ1) is 11.6. The molecular weight excluding hydrogens is 300 g/mol. The third-order valence-corrected chi connectivity index (χ3v) is 4.97. The van der Waals surface area contributed by atoms with Gasteiger partial charge in [0.25, 0.3) is 0 Å². The van der Waals surface area contributed by atoms with E-state index >= 15 is 0 Å². The maximum atomic E-state index is 5.57. The quantitative estimate of drug-likeness (QED) is 0.917. The minimum atomic E-state index is 0.347. The van der Waals surface area contributed by atoms with Crippen LogP contribution in [0.1, 0.15) is 35.7 Å². The maximum absolute atomic E-state index is 5.57. The number of ether oxygens (including phenoxy) is 1. The van der Waals surface area contributed by atoms with E-state index in [4.69, 9.17) is 9.72 Å². The molecule has 2 heterocycles. The number of hydrogen-bond acceptors (Lipinski definition) is 4. The number of H-pyrrole nitrogens is 1. The summed E-state index contributed by atoms with van der Waals surface area (Å²) < 4.78 is 5.57. The Morgan fingerprint density at radius 3 is 2.79 bits per heavy atom. The first kappa shape index (κ1) is 17.0. The normalized spacial score (nSPS) is 19.6. The molecule has 1 fully saturated rings. The monoisotopic (exact) mass is 328 g/mol. The molecular formula is C19H28N4O. The lowest BCUT2D eigenvalue weighted by Gasteiger charge is -2.40. The Morgan fingerprint density at radius 2 is 2.08 bits per heavy atom. The Morgan fingerprint density at radius 1 is 1.29 bits per heavy atom. The third kappa shape index (κ3) is 3.47. The molecule has 1 aliphatic rings. The van der Waals surface area contributed by atoms with Crippen LogP contribution in [-0.2, 0) is 13.0 Å². The van der Waals surface area contributed by atoms with Crippen LogP contribution in [0, 0.1) is 6.92 Å². The van der Waals surface area contributed by atoms with Gasteiger partial charge in [0.15, 0.2) is 0 Å². The van der Waals surface area contributed by atoms with E-state index in [2.05, 4.69) is 47.8 Å². The third-order valence-electron chi connectivity index (χ3n) is 4.97. The van der Waals surface area contributed by atoms with Gasteiger partial charge >= 0.3 is 0 Å². The van der Waals surface area contributed by atoms with Crippen LogP contribution < -0.4 is 4.74 Å². The molecule has 1 saturated heterocycles. The molecule has 0 spiro atoms. The number of benzene rings is 1. The number of hydrogen-bond donors (Lipinski definition) is 1. The van der Waals surface area contributed by atoms with Gasteiger partial charge in [0.2, 0.25) is 0 Å². The average molecular weight is 328 g/mol. The number of aromatic amines is 1. The van der Waals surface area contributed by atoms with Gasteiger partial charge in [-0.05, 0) is 20.0 Å². The van der Waals surface area contributed by atoms with Crippen LogP contribution in [0.4, 0.5) is 0 Å². The molecule has 5 nitrogen and oxygen atoms in total. The summed E-state index contributed by atoms with van der Waals surface area (Å²) in [4.78, 5) is 13.0. The highest BCUT2D eigenvalue weighted by Gasteiger charge is 2.28. The summed E-state index contributed by atoms with van der Waals surface area (Å²) in [7, 11) is 3.95. The van der Waals surface area contributed by atoms with Gasteiger partial charge in [0, 0.05) is 43.9 Å². The van der Waals surface area contributed by atoms with Crippen molar-refractivity contribution in [3.63, 3.8) is 0 Å². The molecule has 0 unspecified atom stereocenters. The summed E-state index contributed by atoms with van der Waals surface area (Å²) in [5.41, 5.74) is 3.63. The minimum absolute atomic E-state index is 0.347. The van der Waals surface area contributed by atoms with E-state index in [1.165, 1.54) is 17.0 Å². The molecule has 0 radical (unpaired) electrons. The average Bonchev–Trinajstić information content (AvgIpc) is 2.96. The Balaban J connectivity index is 1.76. The van der Waals surface area contributed by atoms with E-state index in [1.54, 1.807) is 7.11 Å². The van der Waals surface area contributed by atoms with Gasteiger partial charge in [0.1, 0.15) is 11.6 Å². The number of nitrogens with zero attached hydrogens (tertiary/aromatic N) is 3. The molecule has 1 aliphatic heterocycles. The van der Waals surface area contributed by atoms with Crippen molar-refractivity contribution in [2.24, 2.45) is 0 Å². The predicted molar refractivity (Wildman–Crippen MR) is 96.3 cm³/mol. The van der Waals surface area contributed by atoms with E-state index in [0.717, 1.165) is 44.2 Å². The zero-order chi connectivity index (χ0) is 17.1. The molecule has 0 bridgehead atoms. The van der Waals surface area contributed by atoms with Gasteiger partial charge < -0.3 is 9.72 Å². The van der Waals surface area contributed by atoms with Crippen molar-refractivity contribution in [3.05, 3.63) is 47.0 Å². The van der Waals surface area contributed by atoms with E-state index in [0.29, 0.717) is 6.04 Å².